The molecule has 0 atom stereocenters. The normalized spacial score (nSPS) is 11.2. The van der Waals surface area contributed by atoms with Crippen LogP contribution < -0.4 is 0 Å². The summed E-state index contributed by atoms with van der Waals surface area (Å²) in [5.41, 5.74) is 1.39. The number of benzene rings is 1. The standard InChI is InChI=1S/C17H17N3O6S/c1-11-15(9-26-10-25-2)16(12-4-6-13(7-5-12)20(21)22)14(8-18)17(19-11)27(3,23)24/h4-7H,9-10H2,1-3H3. The van der Waals surface area contributed by atoms with Crippen LogP contribution in [0.3, 0.4) is 0 Å². The number of hydrogen-bond donors (Lipinski definition) is 0. The molecule has 2 aromatic rings. The van der Waals surface area contributed by atoms with E-state index in [0.717, 1.165) is 6.26 Å². The summed E-state index contributed by atoms with van der Waals surface area (Å²) in [7, 11) is -2.32. The first-order valence-corrected chi connectivity index (χ1v) is 9.55. The second kappa shape index (κ2) is 8.22. The van der Waals surface area contributed by atoms with Crippen molar-refractivity contribution in [2.75, 3.05) is 20.2 Å². The fraction of sp³-hybridized carbons (Fsp3) is 0.294. The maximum Gasteiger partial charge on any atom is 0.269 e. The van der Waals surface area contributed by atoms with E-state index in [1.54, 1.807) is 6.92 Å². The average Bonchev–Trinajstić information content (AvgIpc) is 2.61. The van der Waals surface area contributed by atoms with Crippen LogP contribution in [0.15, 0.2) is 29.3 Å². The van der Waals surface area contributed by atoms with Crippen LogP contribution in [0.5, 0.6) is 0 Å². The summed E-state index contributed by atoms with van der Waals surface area (Å²) in [6, 6.07) is 7.39. The van der Waals surface area contributed by atoms with Gasteiger partial charge in [0.05, 0.1) is 17.1 Å². The van der Waals surface area contributed by atoms with Crippen molar-refractivity contribution in [3.8, 4) is 17.2 Å². The maximum atomic E-state index is 12.1. The molecule has 0 aliphatic rings. The lowest BCUT2D eigenvalue weighted by atomic mass is 9.95. The van der Waals surface area contributed by atoms with Gasteiger partial charge in [0.15, 0.2) is 14.9 Å². The van der Waals surface area contributed by atoms with E-state index in [4.69, 9.17) is 9.47 Å². The van der Waals surface area contributed by atoms with Gasteiger partial charge < -0.3 is 9.47 Å². The molecule has 27 heavy (non-hydrogen) atoms. The van der Waals surface area contributed by atoms with Gasteiger partial charge in [0, 0.05) is 42.3 Å². The van der Waals surface area contributed by atoms with Crippen molar-refractivity contribution in [1.29, 1.82) is 5.26 Å². The number of rotatable bonds is 7. The lowest BCUT2D eigenvalue weighted by Crippen LogP contribution is -2.11. The second-order valence-electron chi connectivity index (χ2n) is 5.67. The zero-order valence-corrected chi connectivity index (χ0v) is 15.7. The van der Waals surface area contributed by atoms with Gasteiger partial charge in [-0.15, -0.1) is 0 Å². The fourth-order valence-corrected chi connectivity index (χ4v) is 3.38. The quantitative estimate of drug-likeness (QED) is 0.304. The van der Waals surface area contributed by atoms with Crippen molar-refractivity contribution >= 4 is 15.5 Å². The van der Waals surface area contributed by atoms with E-state index < -0.39 is 14.8 Å². The Labute approximate surface area is 156 Å². The number of hydrogen-bond acceptors (Lipinski definition) is 8. The van der Waals surface area contributed by atoms with Gasteiger partial charge in [0.1, 0.15) is 12.9 Å². The van der Waals surface area contributed by atoms with Crippen LogP contribution >= 0.6 is 0 Å². The number of aryl methyl sites for hydroxylation is 1. The SMILES string of the molecule is COCOCc1c(C)nc(S(C)(=O)=O)c(C#N)c1-c1ccc([N+](=O)[O-])cc1. The number of nitriles is 1. The number of sulfone groups is 1. The van der Waals surface area contributed by atoms with E-state index >= 15 is 0 Å². The minimum atomic E-state index is -3.77. The minimum absolute atomic E-state index is 0.00510. The first-order chi connectivity index (χ1) is 12.7. The summed E-state index contributed by atoms with van der Waals surface area (Å²) in [6.45, 7) is 1.63. The van der Waals surface area contributed by atoms with Crippen LogP contribution in [-0.2, 0) is 25.9 Å². The van der Waals surface area contributed by atoms with Crippen molar-refractivity contribution in [3.05, 3.63) is 51.2 Å². The largest absolute Gasteiger partial charge is 0.359 e. The van der Waals surface area contributed by atoms with Crippen LogP contribution in [0.1, 0.15) is 16.8 Å². The Morgan fingerprint density at radius 3 is 2.41 bits per heavy atom. The first kappa shape index (κ1) is 20.4. The average molecular weight is 391 g/mol. The number of nitro groups is 1. The first-order valence-electron chi connectivity index (χ1n) is 7.65. The predicted molar refractivity (Wildman–Crippen MR) is 95.6 cm³/mol. The van der Waals surface area contributed by atoms with E-state index in [2.05, 4.69) is 4.98 Å². The summed E-state index contributed by atoms with van der Waals surface area (Å²) >= 11 is 0. The molecule has 0 radical (unpaired) electrons. The van der Waals surface area contributed by atoms with Gasteiger partial charge in [-0.05, 0) is 24.6 Å². The number of nitrogens with zero attached hydrogens (tertiary/aromatic N) is 3. The molecule has 142 valence electrons. The molecular formula is C17H17N3O6S. The van der Waals surface area contributed by atoms with E-state index in [1.165, 1.54) is 31.4 Å². The smallest absolute Gasteiger partial charge is 0.269 e. The Hall–Kier alpha value is -2.87. The number of ether oxygens (including phenoxy) is 2. The third kappa shape index (κ3) is 4.46. The van der Waals surface area contributed by atoms with Gasteiger partial charge in [-0.1, -0.05) is 0 Å². The van der Waals surface area contributed by atoms with Gasteiger partial charge in [0.2, 0.25) is 0 Å². The summed E-state index contributed by atoms with van der Waals surface area (Å²) < 4.78 is 34.4. The highest BCUT2D eigenvalue weighted by molar-refractivity contribution is 7.90. The number of aromatic nitrogens is 1. The Kier molecular flexibility index (Phi) is 6.22. The highest BCUT2D eigenvalue weighted by Crippen LogP contribution is 2.34. The van der Waals surface area contributed by atoms with Gasteiger partial charge in [-0.2, -0.15) is 5.26 Å². The molecule has 1 aromatic carbocycles. The molecule has 9 nitrogen and oxygen atoms in total. The van der Waals surface area contributed by atoms with Crippen molar-refractivity contribution in [2.45, 2.75) is 18.6 Å². The van der Waals surface area contributed by atoms with Crippen LogP contribution in [-0.4, -0.2) is 38.5 Å². The summed E-state index contributed by atoms with van der Waals surface area (Å²) in [5.74, 6) is 0. The molecule has 10 heteroatoms. The Bertz CT molecular complexity index is 1010. The summed E-state index contributed by atoms with van der Waals surface area (Å²) in [4.78, 5) is 14.4. The maximum absolute atomic E-state index is 12.1. The molecular weight excluding hydrogens is 374 g/mol. The van der Waals surface area contributed by atoms with E-state index in [1.807, 2.05) is 6.07 Å². The van der Waals surface area contributed by atoms with Crippen molar-refractivity contribution in [3.63, 3.8) is 0 Å². The third-order valence-electron chi connectivity index (χ3n) is 3.75. The molecule has 0 N–H and O–H groups in total. The molecule has 0 saturated heterocycles. The molecule has 2 rings (SSSR count). The number of pyridine rings is 1. The van der Waals surface area contributed by atoms with Crippen LogP contribution in [0.4, 0.5) is 5.69 Å². The highest BCUT2D eigenvalue weighted by atomic mass is 32.2. The van der Waals surface area contributed by atoms with Gasteiger partial charge in [0.25, 0.3) is 5.69 Å². The zero-order chi connectivity index (χ0) is 20.2. The van der Waals surface area contributed by atoms with Crippen molar-refractivity contribution < 1.29 is 22.8 Å². The fourth-order valence-electron chi connectivity index (χ4n) is 2.56. The van der Waals surface area contributed by atoms with Crippen molar-refractivity contribution in [1.82, 2.24) is 4.98 Å². The monoisotopic (exact) mass is 391 g/mol. The molecule has 1 aromatic heterocycles. The Morgan fingerprint density at radius 2 is 1.93 bits per heavy atom. The molecule has 0 spiro atoms. The topological polar surface area (TPSA) is 132 Å². The van der Waals surface area contributed by atoms with Crippen LogP contribution in [0.2, 0.25) is 0 Å². The van der Waals surface area contributed by atoms with Crippen molar-refractivity contribution in [2.24, 2.45) is 0 Å². The Balaban J connectivity index is 2.78. The molecule has 0 aliphatic heterocycles. The summed E-state index contributed by atoms with van der Waals surface area (Å²) in [5, 5.41) is 20.2. The molecule has 0 aliphatic carbocycles. The van der Waals surface area contributed by atoms with Gasteiger partial charge in [-0.25, -0.2) is 13.4 Å². The molecule has 0 unspecified atom stereocenters. The molecule has 0 bridgehead atoms. The lowest BCUT2D eigenvalue weighted by Gasteiger charge is -2.16. The van der Waals surface area contributed by atoms with Crippen LogP contribution in [0.25, 0.3) is 11.1 Å². The number of methoxy groups -OCH3 is 1. The molecule has 0 saturated carbocycles. The Morgan fingerprint density at radius 1 is 1.30 bits per heavy atom. The zero-order valence-electron chi connectivity index (χ0n) is 14.9. The lowest BCUT2D eigenvalue weighted by molar-refractivity contribution is -0.384. The predicted octanol–water partition coefficient (Wildman–Crippen LogP) is 2.36. The van der Waals surface area contributed by atoms with Gasteiger partial charge in [-0.3, -0.25) is 10.1 Å². The molecule has 0 fully saturated rings. The van der Waals surface area contributed by atoms with E-state index in [0.29, 0.717) is 22.4 Å². The van der Waals surface area contributed by atoms with Crippen LogP contribution in [0, 0.1) is 28.4 Å². The highest BCUT2D eigenvalue weighted by Gasteiger charge is 2.25. The third-order valence-corrected chi connectivity index (χ3v) is 4.75. The van der Waals surface area contributed by atoms with Gasteiger partial charge >= 0.3 is 0 Å². The minimum Gasteiger partial charge on any atom is -0.359 e. The molecule has 0 amide bonds. The van der Waals surface area contributed by atoms with E-state index in [9.17, 15) is 23.8 Å². The number of non-ortho nitro benzene ring substituents is 1. The summed E-state index contributed by atoms with van der Waals surface area (Å²) in [6.07, 6.45) is 0.969. The van der Waals surface area contributed by atoms with E-state index in [-0.39, 0.29) is 29.7 Å². The number of nitro benzene ring substituents is 1. The molecule has 1 heterocycles. The second-order valence-corrected chi connectivity index (χ2v) is 7.60.